The van der Waals surface area contributed by atoms with E-state index in [0.29, 0.717) is 17.2 Å². The Morgan fingerprint density at radius 2 is 1.62 bits per heavy atom. The zero-order chi connectivity index (χ0) is 25.9. The van der Waals surface area contributed by atoms with Crippen LogP contribution >= 0.6 is 0 Å². The minimum atomic E-state index is -5.29. The van der Waals surface area contributed by atoms with E-state index < -0.39 is 57.1 Å². The Kier molecular flexibility index (Phi) is 7.93. The Balaban J connectivity index is 2.19. The maximum atomic E-state index is 13.7. The van der Waals surface area contributed by atoms with Gasteiger partial charge < -0.3 is 15.7 Å². The highest BCUT2D eigenvalue weighted by Crippen LogP contribution is 2.41. The summed E-state index contributed by atoms with van der Waals surface area (Å²) in [4.78, 5) is 11.6. The average Bonchev–Trinajstić information content (AvgIpc) is 2.68. The van der Waals surface area contributed by atoms with Gasteiger partial charge >= 0.3 is 12.4 Å². The lowest BCUT2D eigenvalue weighted by atomic mass is 9.91. The zero-order valence-corrected chi connectivity index (χ0v) is 18.8. The van der Waals surface area contributed by atoms with Crippen molar-refractivity contribution in [2.24, 2.45) is 0 Å². The first kappa shape index (κ1) is 27.4. The lowest BCUT2D eigenvalue weighted by molar-refractivity contribution is -0.260. The number of amides is 1. The highest BCUT2D eigenvalue weighted by Gasteiger charge is 2.55. The molecule has 0 aliphatic rings. The summed E-state index contributed by atoms with van der Waals surface area (Å²) in [6.45, 7) is 0.394. The van der Waals surface area contributed by atoms with E-state index in [1.165, 1.54) is 18.2 Å². The summed E-state index contributed by atoms with van der Waals surface area (Å²) in [5.41, 5.74) is -4.69. The summed E-state index contributed by atoms with van der Waals surface area (Å²) in [7, 11) is -3.51. The molecule has 0 aliphatic carbocycles. The maximum Gasteiger partial charge on any atom is 0.423 e. The van der Waals surface area contributed by atoms with Crippen molar-refractivity contribution in [3.05, 3.63) is 64.7 Å². The third-order valence-corrected chi connectivity index (χ3v) is 5.68. The van der Waals surface area contributed by atoms with Crippen molar-refractivity contribution in [1.29, 1.82) is 0 Å². The number of nitrogens with one attached hydrogen (secondary N) is 2. The Bertz CT molecular complexity index is 1150. The summed E-state index contributed by atoms with van der Waals surface area (Å²) in [6, 6.07) is 6.64. The third kappa shape index (κ3) is 7.10. The van der Waals surface area contributed by atoms with Gasteiger partial charge in [0.15, 0.2) is 9.84 Å². The van der Waals surface area contributed by atoms with E-state index in [9.17, 15) is 44.7 Å². The van der Waals surface area contributed by atoms with Gasteiger partial charge in [0.25, 0.3) is 0 Å². The van der Waals surface area contributed by atoms with Crippen molar-refractivity contribution in [2.45, 2.75) is 31.4 Å². The molecule has 0 saturated carbocycles. The van der Waals surface area contributed by atoms with Gasteiger partial charge in [0.05, 0.1) is 12.1 Å². The smallest absolute Gasteiger partial charge is 0.381 e. The fourth-order valence-corrected chi connectivity index (χ4v) is 3.61. The summed E-state index contributed by atoms with van der Waals surface area (Å²) in [5, 5.41) is 15.2. The lowest BCUT2D eigenvalue weighted by Crippen LogP contribution is -2.48. The molecule has 0 aromatic heterocycles. The van der Waals surface area contributed by atoms with Gasteiger partial charge in [0.1, 0.15) is 5.75 Å². The number of halogens is 6. The van der Waals surface area contributed by atoms with Crippen molar-refractivity contribution in [3.8, 4) is 0 Å². The third-order valence-electron chi connectivity index (χ3n) is 4.90. The average molecular weight is 512 g/mol. The minimum absolute atomic E-state index is 0.0306. The molecule has 1 atom stereocenters. The number of rotatable bonds is 8. The molecular formula is C21H22F6N2O4S. The lowest BCUT2D eigenvalue weighted by Gasteiger charge is -2.32. The highest BCUT2D eigenvalue weighted by molar-refractivity contribution is 7.91. The topological polar surface area (TPSA) is 95.5 Å². The van der Waals surface area contributed by atoms with Crippen LogP contribution in [0.4, 0.5) is 32.0 Å². The van der Waals surface area contributed by atoms with Gasteiger partial charge in [0, 0.05) is 18.5 Å². The molecule has 6 nitrogen and oxygen atoms in total. The molecule has 2 aromatic carbocycles. The van der Waals surface area contributed by atoms with Crippen molar-refractivity contribution in [2.75, 3.05) is 23.9 Å². The zero-order valence-electron chi connectivity index (χ0n) is 18.0. The molecular weight excluding hydrogens is 490 g/mol. The normalized spacial score (nSPS) is 14.4. The second-order valence-electron chi connectivity index (χ2n) is 7.78. The van der Waals surface area contributed by atoms with Crippen LogP contribution in [-0.4, -0.2) is 44.2 Å². The molecule has 1 amide bonds. The van der Waals surface area contributed by atoms with E-state index in [4.69, 9.17) is 0 Å². The molecule has 0 unspecified atom stereocenters. The van der Waals surface area contributed by atoms with E-state index in [1.807, 2.05) is 0 Å². The first-order chi connectivity index (χ1) is 15.4. The van der Waals surface area contributed by atoms with Crippen LogP contribution in [-0.2, 0) is 33.0 Å². The van der Waals surface area contributed by atoms with Crippen molar-refractivity contribution in [3.63, 3.8) is 0 Å². The van der Waals surface area contributed by atoms with Gasteiger partial charge in [-0.2, -0.15) is 26.3 Å². The van der Waals surface area contributed by atoms with Crippen LogP contribution in [0.15, 0.2) is 42.5 Å². The van der Waals surface area contributed by atoms with E-state index in [2.05, 4.69) is 10.6 Å². The standard InChI is InChI=1S/C21H22F6N2O4S/c1-13-8-17(7-6-14(13)10-28-18(30)11-34(2,32)33)29-12-19(31,21(25,26)27)15-4-3-5-16(9-15)20(22,23)24/h3-9,29,31H,10-12H2,1-2H3,(H,28,30)/t19-/m0/s1. The number of carbonyl (C=O) groups is 1. The second-order valence-corrected chi connectivity index (χ2v) is 9.92. The predicted octanol–water partition coefficient (Wildman–Crippen LogP) is 3.54. The Morgan fingerprint density at radius 3 is 2.15 bits per heavy atom. The van der Waals surface area contributed by atoms with E-state index in [-0.39, 0.29) is 18.3 Å². The Labute approximate surface area is 191 Å². The van der Waals surface area contributed by atoms with Crippen LogP contribution in [0.2, 0.25) is 0 Å². The van der Waals surface area contributed by atoms with E-state index in [1.54, 1.807) is 6.92 Å². The number of benzene rings is 2. The fourth-order valence-electron chi connectivity index (χ4n) is 3.04. The summed E-state index contributed by atoms with van der Waals surface area (Å²) in [6.07, 6.45) is -9.28. The molecule has 0 bridgehead atoms. The summed E-state index contributed by atoms with van der Waals surface area (Å²) >= 11 is 0. The van der Waals surface area contributed by atoms with Gasteiger partial charge in [-0.25, -0.2) is 8.42 Å². The highest BCUT2D eigenvalue weighted by atomic mass is 32.2. The van der Waals surface area contributed by atoms with Gasteiger partial charge in [0.2, 0.25) is 11.5 Å². The number of sulfone groups is 1. The molecule has 0 fully saturated rings. The fraction of sp³-hybridized carbons (Fsp3) is 0.381. The maximum absolute atomic E-state index is 13.7. The Hall–Kier alpha value is -2.80. The van der Waals surface area contributed by atoms with E-state index in [0.717, 1.165) is 18.4 Å². The van der Waals surface area contributed by atoms with Crippen molar-refractivity contribution < 1.29 is 44.7 Å². The number of aryl methyl sites for hydroxylation is 1. The first-order valence-electron chi connectivity index (χ1n) is 9.67. The molecule has 2 rings (SSSR count). The number of anilines is 1. The van der Waals surface area contributed by atoms with Crippen LogP contribution < -0.4 is 10.6 Å². The van der Waals surface area contributed by atoms with Crippen LogP contribution in [0.3, 0.4) is 0 Å². The molecule has 3 N–H and O–H groups in total. The van der Waals surface area contributed by atoms with Gasteiger partial charge in [-0.3, -0.25) is 4.79 Å². The van der Waals surface area contributed by atoms with Crippen molar-refractivity contribution >= 4 is 21.4 Å². The van der Waals surface area contributed by atoms with Crippen LogP contribution in [0.5, 0.6) is 0 Å². The molecule has 0 radical (unpaired) electrons. The minimum Gasteiger partial charge on any atom is -0.381 e. The summed E-state index contributed by atoms with van der Waals surface area (Å²) < 4.78 is 102. The Morgan fingerprint density at radius 1 is 1.00 bits per heavy atom. The number of carbonyl (C=O) groups excluding carboxylic acids is 1. The largest absolute Gasteiger partial charge is 0.423 e. The quantitative estimate of drug-likeness (QED) is 0.471. The number of aliphatic hydroxyl groups is 1. The number of alkyl halides is 6. The number of hydrogen-bond acceptors (Lipinski definition) is 5. The van der Waals surface area contributed by atoms with Gasteiger partial charge in [-0.05, 0) is 47.9 Å². The monoisotopic (exact) mass is 512 g/mol. The first-order valence-corrected chi connectivity index (χ1v) is 11.7. The van der Waals surface area contributed by atoms with Crippen LogP contribution in [0.25, 0.3) is 0 Å². The molecule has 2 aromatic rings. The summed E-state index contributed by atoms with van der Waals surface area (Å²) in [5.74, 6) is -1.42. The number of hydrogen-bond donors (Lipinski definition) is 3. The van der Waals surface area contributed by atoms with Crippen LogP contribution in [0, 0.1) is 6.92 Å². The molecule has 0 saturated heterocycles. The molecule has 0 spiro atoms. The second kappa shape index (κ2) is 9.82. The molecule has 188 valence electrons. The molecule has 34 heavy (non-hydrogen) atoms. The molecule has 13 heteroatoms. The van der Waals surface area contributed by atoms with Gasteiger partial charge in [-0.1, -0.05) is 18.2 Å². The van der Waals surface area contributed by atoms with Gasteiger partial charge in [-0.15, -0.1) is 0 Å². The van der Waals surface area contributed by atoms with E-state index >= 15 is 0 Å². The van der Waals surface area contributed by atoms with Crippen molar-refractivity contribution in [1.82, 2.24) is 5.32 Å². The van der Waals surface area contributed by atoms with Crippen LogP contribution in [0.1, 0.15) is 22.3 Å². The molecule has 0 aliphatic heterocycles. The molecule has 0 heterocycles. The predicted molar refractivity (Wildman–Crippen MR) is 113 cm³/mol. The SMILES string of the molecule is Cc1cc(NC[C@](O)(c2cccc(C(F)(F)F)c2)C(F)(F)F)ccc1CNC(=O)CS(C)(=O)=O.